The smallest absolute Gasteiger partial charge is 0.335 e. The van der Waals surface area contributed by atoms with Crippen LogP contribution in [-0.4, -0.2) is 62.1 Å². The van der Waals surface area contributed by atoms with Crippen LogP contribution < -0.4 is 5.32 Å². The first-order chi connectivity index (χ1) is 14.6. The third kappa shape index (κ3) is 4.10. The maximum Gasteiger partial charge on any atom is 0.335 e. The number of hydrogen-bond acceptors (Lipinski definition) is 5. The van der Waals surface area contributed by atoms with E-state index < -0.39 is 22.1 Å². The zero-order valence-electron chi connectivity index (χ0n) is 17.9. The number of ether oxygens (including phenoxy) is 1. The lowest BCUT2D eigenvalue weighted by Crippen LogP contribution is -2.56. The fraction of sp³-hybridized carbons (Fsp3) is 0.636. The van der Waals surface area contributed by atoms with Crippen molar-refractivity contribution >= 4 is 21.9 Å². The molecule has 1 aliphatic heterocycles. The average Bonchev–Trinajstić information content (AvgIpc) is 2.77. The van der Waals surface area contributed by atoms with Crippen molar-refractivity contribution in [1.82, 2.24) is 9.62 Å². The first-order valence-electron chi connectivity index (χ1n) is 10.8. The molecule has 3 aliphatic carbocycles. The molecule has 170 valence electrons. The molecule has 2 N–H and O–H groups in total. The molecule has 5 rings (SSSR count). The molecule has 9 heteroatoms. The lowest BCUT2D eigenvalue weighted by Gasteiger charge is -2.60. The van der Waals surface area contributed by atoms with E-state index in [1.807, 2.05) is 0 Å². The number of fused-ring (bicyclic) bond motifs is 2. The van der Waals surface area contributed by atoms with E-state index in [1.54, 1.807) is 0 Å². The number of nitrogens with zero attached hydrogens (tertiary/aromatic N) is 1. The van der Waals surface area contributed by atoms with Crippen molar-refractivity contribution in [2.45, 2.75) is 44.1 Å². The van der Waals surface area contributed by atoms with Gasteiger partial charge in [0, 0.05) is 19.6 Å². The molecule has 1 aromatic carbocycles. The Morgan fingerprint density at radius 2 is 1.94 bits per heavy atom. The Bertz CT molecular complexity index is 957. The fourth-order valence-electron chi connectivity index (χ4n) is 5.47. The van der Waals surface area contributed by atoms with Gasteiger partial charge < -0.3 is 15.2 Å². The predicted molar refractivity (Wildman–Crippen MR) is 113 cm³/mol. The third-order valence-corrected chi connectivity index (χ3v) is 9.48. The van der Waals surface area contributed by atoms with Crippen LogP contribution in [0.1, 0.15) is 43.5 Å². The maximum atomic E-state index is 13.0. The summed E-state index contributed by atoms with van der Waals surface area (Å²) in [6.07, 6.45) is 2.71. The molecule has 3 saturated carbocycles. The zero-order chi connectivity index (χ0) is 22.4. The van der Waals surface area contributed by atoms with E-state index in [2.05, 4.69) is 19.2 Å². The number of carboxylic acid groups (broad SMARTS) is 1. The van der Waals surface area contributed by atoms with Gasteiger partial charge in [-0.3, -0.25) is 4.79 Å². The number of carbonyl (C=O) groups excluding carboxylic acids is 1. The zero-order valence-corrected chi connectivity index (χ0v) is 18.7. The summed E-state index contributed by atoms with van der Waals surface area (Å²) in [6.45, 7) is 5.45. The summed E-state index contributed by atoms with van der Waals surface area (Å²) < 4.78 is 32.7. The highest BCUT2D eigenvalue weighted by Crippen LogP contribution is 2.61. The number of benzene rings is 1. The Morgan fingerprint density at radius 3 is 2.55 bits per heavy atom. The minimum atomic E-state index is -3.84. The van der Waals surface area contributed by atoms with Crippen LogP contribution in [0.25, 0.3) is 0 Å². The van der Waals surface area contributed by atoms with Gasteiger partial charge in [0.05, 0.1) is 17.1 Å². The number of sulfonamides is 1. The summed E-state index contributed by atoms with van der Waals surface area (Å²) in [4.78, 5) is 23.7. The van der Waals surface area contributed by atoms with Crippen molar-refractivity contribution in [2.75, 3.05) is 26.2 Å². The van der Waals surface area contributed by atoms with Crippen LogP contribution in [0.3, 0.4) is 0 Å². The van der Waals surface area contributed by atoms with Crippen molar-refractivity contribution in [2.24, 2.45) is 23.2 Å². The molecule has 1 heterocycles. The maximum absolute atomic E-state index is 13.0. The molecule has 0 radical (unpaired) electrons. The fourth-order valence-corrected chi connectivity index (χ4v) is 6.90. The van der Waals surface area contributed by atoms with Gasteiger partial charge in [0.25, 0.3) is 5.91 Å². The number of aromatic carboxylic acids is 1. The van der Waals surface area contributed by atoms with Gasteiger partial charge in [0.15, 0.2) is 0 Å². The number of carbonyl (C=O) groups is 2. The first kappa shape index (κ1) is 22.2. The second kappa shape index (κ2) is 8.18. The molecule has 4 aliphatic rings. The molecular formula is C22H30N2O6S. The van der Waals surface area contributed by atoms with Gasteiger partial charge in [-0.25, -0.2) is 13.2 Å². The lowest BCUT2D eigenvalue weighted by atomic mass is 9.45. The highest BCUT2D eigenvalue weighted by Gasteiger charge is 2.54. The van der Waals surface area contributed by atoms with Gasteiger partial charge in [-0.2, -0.15) is 4.31 Å². The molecule has 4 atom stereocenters. The minimum Gasteiger partial charge on any atom is -0.478 e. The summed E-state index contributed by atoms with van der Waals surface area (Å²) in [5, 5.41) is 12.0. The van der Waals surface area contributed by atoms with Crippen molar-refractivity contribution in [3.8, 4) is 0 Å². The van der Waals surface area contributed by atoms with Crippen LogP contribution in [-0.2, 0) is 19.6 Å². The van der Waals surface area contributed by atoms with Crippen molar-refractivity contribution < 1.29 is 27.9 Å². The van der Waals surface area contributed by atoms with Crippen LogP contribution in [0.15, 0.2) is 29.2 Å². The Kier molecular flexibility index (Phi) is 5.87. The number of rotatable bonds is 6. The van der Waals surface area contributed by atoms with Gasteiger partial charge in [0.1, 0.15) is 6.10 Å². The Morgan fingerprint density at radius 1 is 1.23 bits per heavy atom. The highest BCUT2D eigenvalue weighted by atomic mass is 32.2. The number of morpholine rings is 1. The quantitative estimate of drug-likeness (QED) is 0.685. The molecule has 0 spiro atoms. The predicted octanol–water partition coefficient (Wildman–Crippen LogP) is 1.96. The molecule has 8 nitrogen and oxygen atoms in total. The van der Waals surface area contributed by atoms with Gasteiger partial charge in [-0.1, -0.05) is 13.8 Å². The summed E-state index contributed by atoms with van der Waals surface area (Å²) in [5.74, 6) is 0.491. The number of amides is 1. The molecule has 4 fully saturated rings. The van der Waals surface area contributed by atoms with Gasteiger partial charge in [-0.15, -0.1) is 0 Å². The summed E-state index contributed by atoms with van der Waals surface area (Å²) >= 11 is 0. The van der Waals surface area contributed by atoms with E-state index in [9.17, 15) is 18.0 Å². The Balaban J connectivity index is 1.36. The average molecular weight is 451 g/mol. The van der Waals surface area contributed by atoms with E-state index in [4.69, 9.17) is 9.84 Å². The molecule has 31 heavy (non-hydrogen) atoms. The highest BCUT2D eigenvalue weighted by molar-refractivity contribution is 7.89. The normalized spacial score (nSPS) is 30.3. The lowest BCUT2D eigenvalue weighted by molar-refractivity contribution is -0.138. The van der Waals surface area contributed by atoms with E-state index in [1.165, 1.54) is 41.4 Å². The number of nitrogens with one attached hydrogen (secondary N) is 1. The van der Waals surface area contributed by atoms with Gasteiger partial charge in [-0.05, 0) is 66.7 Å². The number of hydrogen-bond donors (Lipinski definition) is 2. The van der Waals surface area contributed by atoms with Crippen molar-refractivity contribution in [3.05, 3.63) is 29.8 Å². The van der Waals surface area contributed by atoms with E-state index in [0.717, 1.165) is 12.3 Å². The first-order valence-corrected chi connectivity index (χ1v) is 12.3. The topological polar surface area (TPSA) is 113 Å². The van der Waals surface area contributed by atoms with Crippen LogP contribution in [0.5, 0.6) is 0 Å². The van der Waals surface area contributed by atoms with E-state index in [-0.39, 0.29) is 36.1 Å². The molecule has 2 bridgehead atoms. The summed E-state index contributed by atoms with van der Waals surface area (Å²) in [7, 11) is -3.84. The summed E-state index contributed by atoms with van der Waals surface area (Å²) in [6, 6.07) is 5.08. The van der Waals surface area contributed by atoms with E-state index in [0.29, 0.717) is 23.8 Å². The SMILES string of the molecule is CC1(C)[C@H]2CC[C@@H](CNC(=O)C3CN(S(=O)(=O)c4ccc(C(=O)O)cc4)CCO3)[C@@H]1C2. The Labute approximate surface area is 183 Å². The second-order valence-electron chi connectivity index (χ2n) is 9.50. The monoisotopic (exact) mass is 450 g/mol. The molecule has 1 amide bonds. The molecule has 0 aromatic heterocycles. The summed E-state index contributed by atoms with van der Waals surface area (Å²) in [5.41, 5.74) is 0.359. The van der Waals surface area contributed by atoms with E-state index >= 15 is 0 Å². The molecular weight excluding hydrogens is 420 g/mol. The minimum absolute atomic E-state index is 0.00235. The molecule has 1 aromatic rings. The standard InChI is InChI=1S/C22H30N2O6S/c1-22(2)16-6-3-15(18(22)11-16)12-23-20(25)19-13-24(9-10-30-19)31(28,29)17-7-4-14(5-8-17)21(26)27/h4-5,7-8,15-16,18-19H,3,6,9-13H2,1-2H3,(H,23,25)(H,26,27)/t15-,16-,18-,19?/m0/s1. The number of carboxylic acids is 1. The van der Waals surface area contributed by atoms with Gasteiger partial charge in [0.2, 0.25) is 10.0 Å². The van der Waals surface area contributed by atoms with Crippen LogP contribution >= 0.6 is 0 Å². The van der Waals surface area contributed by atoms with Crippen LogP contribution in [0, 0.1) is 23.2 Å². The van der Waals surface area contributed by atoms with Gasteiger partial charge >= 0.3 is 5.97 Å². The largest absolute Gasteiger partial charge is 0.478 e. The van der Waals surface area contributed by atoms with Crippen molar-refractivity contribution in [1.29, 1.82) is 0 Å². The molecule has 1 unspecified atom stereocenters. The van der Waals surface area contributed by atoms with Crippen LogP contribution in [0.2, 0.25) is 0 Å². The van der Waals surface area contributed by atoms with Crippen molar-refractivity contribution in [3.63, 3.8) is 0 Å². The third-order valence-electron chi connectivity index (χ3n) is 7.60. The Hall–Kier alpha value is -1.97. The second-order valence-corrected chi connectivity index (χ2v) is 11.4. The molecule has 1 saturated heterocycles. The van der Waals surface area contributed by atoms with Crippen LogP contribution in [0.4, 0.5) is 0 Å².